The number of amides is 2. The third-order valence-corrected chi connectivity index (χ3v) is 8.27. The summed E-state index contributed by atoms with van der Waals surface area (Å²) in [6, 6.07) is 9.94. The molecule has 0 aliphatic carbocycles. The van der Waals surface area contributed by atoms with E-state index in [1.54, 1.807) is 29.2 Å². The van der Waals surface area contributed by atoms with E-state index in [0.717, 1.165) is 22.9 Å². The van der Waals surface area contributed by atoms with Crippen molar-refractivity contribution in [2.75, 3.05) is 23.7 Å². The summed E-state index contributed by atoms with van der Waals surface area (Å²) >= 11 is 12.3. The van der Waals surface area contributed by atoms with Gasteiger partial charge in [0.25, 0.3) is 0 Å². The van der Waals surface area contributed by atoms with E-state index >= 15 is 0 Å². The summed E-state index contributed by atoms with van der Waals surface area (Å²) in [6.45, 7) is 10.6. The molecule has 2 aromatic carbocycles. The summed E-state index contributed by atoms with van der Waals surface area (Å²) in [5.41, 5.74) is 3.36. The maximum absolute atomic E-state index is 13.5. The third kappa shape index (κ3) is 9.17. The number of anilines is 1. The predicted molar refractivity (Wildman–Crippen MR) is 156 cm³/mol. The number of hydrogen-bond acceptors (Lipinski definition) is 4. The molecule has 1 unspecified atom stereocenters. The number of halogens is 2. The van der Waals surface area contributed by atoms with E-state index in [1.807, 2.05) is 46.8 Å². The van der Waals surface area contributed by atoms with Crippen molar-refractivity contribution in [2.24, 2.45) is 5.92 Å². The van der Waals surface area contributed by atoms with Crippen molar-refractivity contribution in [3.05, 3.63) is 63.1 Å². The van der Waals surface area contributed by atoms with Crippen LogP contribution >= 0.6 is 23.2 Å². The summed E-state index contributed by atoms with van der Waals surface area (Å²) < 4.78 is 26.4. The van der Waals surface area contributed by atoms with E-state index in [-0.39, 0.29) is 37.2 Å². The fraction of sp³-hybridized carbons (Fsp3) is 0.500. The van der Waals surface area contributed by atoms with E-state index < -0.39 is 16.1 Å². The zero-order valence-electron chi connectivity index (χ0n) is 23.1. The van der Waals surface area contributed by atoms with Crippen LogP contribution in [0.5, 0.6) is 0 Å². The van der Waals surface area contributed by atoms with Gasteiger partial charge in [-0.15, -0.1) is 0 Å². The van der Waals surface area contributed by atoms with Crippen LogP contribution in [0.1, 0.15) is 56.7 Å². The van der Waals surface area contributed by atoms with Gasteiger partial charge in [-0.3, -0.25) is 13.9 Å². The lowest BCUT2D eigenvalue weighted by atomic mass is 10.1. The molecule has 2 rings (SSSR count). The van der Waals surface area contributed by atoms with Crippen molar-refractivity contribution < 1.29 is 18.0 Å². The molecular weight excluding hydrogens is 545 g/mol. The Bertz CT molecular complexity index is 1230. The van der Waals surface area contributed by atoms with Crippen LogP contribution in [-0.2, 0) is 26.2 Å². The molecule has 0 fully saturated rings. The molecule has 2 aromatic rings. The van der Waals surface area contributed by atoms with Gasteiger partial charge in [0.1, 0.15) is 6.04 Å². The summed E-state index contributed by atoms with van der Waals surface area (Å²) in [5, 5.41) is 3.70. The van der Waals surface area contributed by atoms with Gasteiger partial charge in [-0.05, 0) is 73.6 Å². The molecule has 38 heavy (non-hydrogen) atoms. The maximum Gasteiger partial charge on any atom is 0.242 e. The number of nitrogens with zero attached hydrogens (tertiary/aromatic N) is 2. The van der Waals surface area contributed by atoms with Crippen LogP contribution in [0.4, 0.5) is 5.69 Å². The van der Waals surface area contributed by atoms with E-state index in [4.69, 9.17) is 23.2 Å². The first kappa shape index (κ1) is 31.9. The largest absolute Gasteiger partial charge is 0.354 e. The van der Waals surface area contributed by atoms with Crippen LogP contribution in [0, 0.1) is 19.8 Å². The Morgan fingerprint density at radius 3 is 2.24 bits per heavy atom. The van der Waals surface area contributed by atoms with Crippen LogP contribution in [-0.4, -0.2) is 50.5 Å². The van der Waals surface area contributed by atoms with Gasteiger partial charge in [0.2, 0.25) is 21.8 Å². The van der Waals surface area contributed by atoms with Crippen molar-refractivity contribution in [3.63, 3.8) is 0 Å². The topological polar surface area (TPSA) is 86.8 Å². The highest BCUT2D eigenvalue weighted by Gasteiger charge is 2.29. The fourth-order valence-electron chi connectivity index (χ4n) is 4.06. The standard InChI is InChI=1S/C28H39Cl2N3O4S/c1-7-26(28(35)31-17-19(2)3)32(18-22-11-13-24(29)25(30)16-22)27(34)9-8-14-33(38(6,36)37)23-12-10-20(4)21(5)15-23/h10-13,15-16,19,26H,7-9,14,17-18H2,1-6H3,(H,31,35). The van der Waals surface area contributed by atoms with Crippen LogP contribution in [0.15, 0.2) is 36.4 Å². The Labute approximate surface area is 237 Å². The van der Waals surface area contributed by atoms with Crippen LogP contribution < -0.4 is 9.62 Å². The van der Waals surface area contributed by atoms with Gasteiger partial charge in [0.15, 0.2) is 0 Å². The Morgan fingerprint density at radius 2 is 1.68 bits per heavy atom. The van der Waals surface area contributed by atoms with E-state index in [2.05, 4.69) is 5.32 Å². The van der Waals surface area contributed by atoms with Crippen LogP contribution in [0.2, 0.25) is 10.0 Å². The molecule has 0 bridgehead atoms. The monoisotopic (exact) mass is 583 g/mol. The molecule has 210 valence electrons. The summed E-state index contributed by atoms with van der Waals surface area (Å²) in [6.07, 6.45) is 1.95. The minimum Gasteiger partial charge on any atom is -0.354 e. The predicted octanol–water partition coefficient (Wildman–Crippen LogP) is 5.74. The molecule has 1 atom stereocenters. The van der Waals surface area contributed by atoms with Gasteiger partial charge in [-0.25, -0.2) is 8.42 Å². The summed E-state index contributed by atoms with van der Waals surface area (Å²) in [4.78, 5) is 28.1. The second-order valence-electron chi connectivity index (χ2n) is 10.0. The van der Waals surface area contributed by atoms with E-state index in [1.165, 1.54) is 4.31 Å². The van der Waals surface area contributed by atoms with E-state index in [9.17, 15) is 18.0 Å². The average molecular weight is 585 g/mol. The van der Waals surface area contributed by atoms with Gasteiger partial charge in [-0.2, -0.15) is 0 Å². The van der Waals surface area contributed by atoms with Gasteiger partial charge in [0, 0.05) is 26.1 Å². The highest BCUT2D eigenvalue weighted by molar-refractivity contribution is 7.92. The van der Waals surface area contributed by atoms with E-state index in [0.29, 0.717) is 35.1 Å². The number of benzene rings is 2. The molecule has 0 aliphatic heterocycles. The quantitative estimate of drug-likeness (QED) is 0.326. The molecule has 0 aliphatic rings. The molecule has 0 radical (unpaired) electrons. The van der Waals surface area contributed by atoms with Crippen molar-refractivity contribution >= 4 is 50.7 Å². The van der Waals surface area contributed by atoms with Crippen LogP contribution in [0.3, 0.4) is 0 Å². The second-order valence-corrected chi connectivity index (χ2v) is 12.8. The molecule has 7 nitrogen and oxygen atoms in total. The number of carbonyl (C=O) groups is 2. The van der Waals surface area contributed by atoms with Gasteiger partial charge >= 0.3 is 0 Å². The lowest BCUT2D eigenvalue weighted by Gasteiger charge is -2.31. The first-order valence-electron chi connectivity index (χ1n) is 12.8. The fourth-order valence-corrected chi connectivity index (χ4v) is 5.34. The Balaban J connectivity index is 2.25. The SMILES string of the molecule is CCC(C(=O)NCC(C)C)N(Cc1ccc(Cl)c(Cl)c1)C(=O)CCCN(c1ccc(C)c(C)c1)S(C)(=O)=O. The third-order valence-electron chi connectivity index (χ3n) is 6.34. The highest BCUT2D eigenvalue weighted by Crippen LogP contribution is 2.25. The molecule has 10 heteroatoms. The maximum atomic E-state index is 13.5. The number of sulfonamides is 1. The average Bonchev–Trinajstić information content (AvgIpc) is 2.83. The molecular formula is C28H39Cl2N3O4S. The number of nitrogens with one attached hydrogen (secondary N) is 1. The number of hydrogen-bond donors (Lipinski definition) is 1. The summed E-state index contributed by atoms with van der Waals surface area (Å²) in [5.74, 6) is -0.193. The Kier molecular flexibility index (Phi) is 11.9. The zero-order valence-corrected chi connectivity index (χ0v) is 25.4. The van der Waals surface area contributed by atoms with Gasteiger partial charge < -0.3 is 10.2 Å². The summed E-state index contributed by atoms with van der Waals surface area (Å²) in [7, 11) is -3.56. The van der Waals surface area contributed by atoms with Crippen molar-refractivity contribution in [1.82, 2.24) is 10.2 Å². The lowest BCUT2D eigenvalue weighted by Crippen LogP contribution is -2.49. The number of rotatable bonds is 13. The van der Waals surface area contributed by atoms with Crippen molar-refractivity contribution in [3.8, 4) is 0 Å². The lowest BCUT2D eigenvalue weighted by molar-refractivity contribution is -0.141. The van der Waals surface area contributed by atoms with Gasteiger partial charge in [0.05, 0.1) is 22.0 Å². The molecule has 0 spiro atoms. The van der Waals surface area contributed by atoms with Gasteiger partial charge in [-0.1, -0.05) is 56.1 Å². The molecule has 1 N–H and O–H groups in total. The molecule has 0 saturated heterocycles. The first-order chi connectivity index (χ1) is 17.7. The number of aryl methyl sites for hydroxylation is 2. The first-order valence-corrected chi connectivity index (χ1v) is 15.4. The minimum atomic E-state index is -3.56. The second kappa shape index (κ2) is 14.2. The minimum absolute atomic E-state index is 0.0755. The Morgan fingerprint density at radius 1 is 1.00 bits per heavy atom. The molecule has 2 amide bonds. The molecule has 0 saturated carbocycles. The smallest absolute Gasteiger partial charge is 0.242 e. The zero-order chi connectivity index (χ0) is 28.6. The molecule has 0 aromatic heterocycles. The van der Waals surface area contributed by atoms with Crippen molar-refractivity contribution in [2.45, 2.75) is 66.5 Å². The molecule has 0 heterocycles. The normalized spacial score (nSPS) is 12.3. The highest BCUT2D eigenvalue weighted by atomic mass is 35.5. The van der Waals surface area contributed by atoms with Crippen molar-refractivity contribution in [1.29, 1.82) is 0 Å². The van der Waals surface area contributed by atoms with Crippen LogP contribution in [0.25, 0.3) is 0 Å². The Hall–Kier alpha value is -2.29. The number of carbonyl (C=O) groups excluding carboxylic acids is 2.